The molecule has 0 fully saturated rings. The SMILES string of the molecule is Cc1c(C(=O)N(C)C)sc2c1c(=O)n(-c1ccc(Cl)cc1)c(=O)n2Cc1ccccc1C#N. The van der Waals surface area contributed by atoms with Gasteiger partial charge in [0.15, 0.2) is 0 Å². The van der Waals surface area contributed by atoms with Gasteiger partial charge < -0.3 is 4.90 Å². The standard InChI is InChI=1S/C24H19ClN4O3S/c1-14-19-21(30)29(18-10-8-17(25)9-11-18)24(32)28(13-16-7-5-4-6-15(16)12-26)23(19)33-20(14)22(31)27(2)3/h4-11H,13H2,1-3H3. The highest BCUT2D eigenvalue weighted by Crippen LogP contribution is 2.29. The number of amides is 1. The minimum absolute atomic E-state index is 0.0719. The summed E-state index contributed by atoms with van der Waals surface area (Å²) in [7, 11) is 3.27. The number of carbonyl (C=O) groups excluding carboxylic acids is 1. The fourth-order valence-corrected chi connectivity index (χ4v) is 5.09. The third-order valence-corrected chi connectivity index (χ3v) is 6.92. The van der Waals surface area contributed by atoms with Crippen LogP contribution < -0.4 is 11.2 Å². The van der Waals surface area contributed by atoms with E-state index >= 15 is 0 Å². The zero-order valence-corrected chi connectivity index (χ0v) is 19.7. The first-order chi connectivity index (χ1) is 15.7. The van der Waals surface area contributed by atoms with Gasteiger partial charge in [0.1, 0.15) is 4.83 Å². The van der Waals surface area contributed by atoms with Crippen LogP contribution in [-0.2, 0) is 6.54 Å². The number of rotatable bonds is 4. The van der Waals surface area contributed by atoms with E-state index in [0.29, 0.717) is 42.5 Å². The van der Waals surface area contributed by atoms with Crippen LogP contribution in [0.4, 0.5) is 0 Å². The molecule has 7 nitrogen and oxygen atoms in total. The molecule has 0 saturated heterocycles. The maximum absolute atomic E-state index is 13.6. The van der Waals surface area contributed by atoms with Gasteiger partial charge in [-0.1, -0.05) is 29.8 Å². The molecule has 2 heterocycles. The molecule has 0 spiro atoms. The Morgan fingerprint density at radius 3 is 2.42 bits per heavy atom. The molecule has 4 aromatic rings. The Kier molecular flexibility index (Phi) is 5.93. The second-order valence-corrected chi connectivity index (χ2v) is 9.13. The number of halogens is 1. The van der Waals surface area contributed by atoms with E-state index in [1.165, 1.54) is 9.47 Å². The molecule has 0 saturated carbocycles. The van der Waals surface area contributed by atoms with Gasteiger partial charge in [0.2, 0.25) is 0 Å². The summed E-state index contributed by atoms with van der Waals surface area (Å²) in [6, 6.07) is 15.5. The van der Waals surface area contributed by atoms with Crippen molar-refractivity contribution in [1.29, 1.82) is 5.26 Å². The highest BCUT2D eigenvalue weighted by atomic mass is 35.5. The number of aryl methyl sites for hydroxylation is 1. The maximum Gasteiger partial charge on any atom is 0.337 e. The molecule has 166 valence electrons. The second-order valence-electron chi connectivity index (χ2n) is 7.69. The molecule has 0 N–H and O–H groups in total. The van der Waals surface area contributed by atoms with Crippen molar-refractivity contribution in [3.8, 4) is 11.8 Å². The Morgan fingerprint density at radius 1 is 1.12 bits per heavy atom. The van der Waals surface area contributed by atoms with Gasteiger partial charge in [0.25, 0.3) is 11.5 Å². The van der Waals surface area contributed by atoms with E-state index < -0.39 is 11.2 Å². The summed E-state index contributed by atoms with van der Waals surface area (Å²) < 4.78 is 2.53. The van der Waals surface area contributed by atoms with E-state index in [1.807, 2.05) is 0 Å². The minimum atomic E-state index is -0.562. The third-order valence-electron chi connectivity index (χ3n) is 5.36. The van der Waals surface area contributed by atoms with Crippen LogP contribution in [0.25, 0.3) is 15.9 Å². The van der Waals surface area contributed by atoms with Crippen LogP contribution in [0, 0.1) is 18.3 Å². The van der Waals surface area contributed by atoms with Crippen LogP contribution in [0.1, 0.15) is 26.4 Å². The van der Waals surface area contributed by atoms with Gasteiger partial charge in [0.05, 0.1) is 34.1 Å². The number of aromatic nitrogens is 2. The largest absolute Gasteiger partial charge is 0.344 e. The predicted octanol–water partition coefficient (Wildman–Crippen LogP) is 3.80. The number of nitriles is 1. The van der Waals surface area contributed by atoms with E-state index in [4.69, 9.17) is 11.6 Å². The van der Waals surface area contributed by atoms with Gasteiger partial charge in [-0.3, -0.25) is 14.2 Å². The van der Waals surface area contributed by atoms with Gasteiger partial charge in [-0.2, -0.15) is 5.26 Å². The first kappa shape index (κ1) is 22.5. The third kappa shape index (κ3) is 3.86. The summed E-state index contributed by atoms with van der Waals surface area (Å²) >= 11 is 7.11. The number of hydrogen-bond acceptors (Lipinski definition) is 5. The van der Waals surface area contributed by atoms with Crippen molar-refractivity contribution >= 4 is 39.1 Å². The summed E-state index contributed by atoms with van der Waals surface area (Å²) in [5, 5.41) is 10.3. The average molecular weight is 479 g/mol. The Morgan fingerprint density at radius 2 is 1.79 bits per heavy atom. The summed E-state index contributed by atoms with van der Waals surface area (Å²) in [5.74, 6) is -0.248. The van der Waals surface area contributed by atoms with Crippen molar-refractivity contribution in [3.63, 3.8) is 0 Å². The van der Waals surface area contributed by atoms with Crippen molar-refractivity contribution in [2.75, 3.05) is 14.1 Å². The van der Waals surface area contributed by atoms with Gasteiger partial charge in [-0.05, 0) is 48.4 Å². The van der Waals surface area contributed by atoms with Crippen LogP contribution in [0.3, 0.4) is 0 Å². The number of carbonyl (C=O) groups is 1. The molecule has 9 heteroatoms. The Balaban J connectivity index is 2.10. The zero-order valence-electron chi connectivity index (χ0n) is 18.1. The van der Waals surface area contributed by atoms with Crippen LogP contribution in [0.2, 0.25) is 5.02 Å². The smallest absolute Gasteiger partial charge is 0.337 e. The van der Waals surface area contributed by atoms with E-state index in [-0.39, 0.29) is 12.5 Å². The molecule has 0 atom stereocenters. The quantitative estimate of drug-likeness (QED) is 0.446. The lowest BCUT2D eigenvalue weighted by atomic mass is 10.1. The number of hydrogen-bond donors (Lipinski definition) is 0. The maximum atomic E-state index is 13.6. The molecule has 1 amide bonds. The lowest BCUT2D eigenvalue weighted by molar-refractivity contribution is 0.0831. The van der Waals surface area contributed by atoms with Crippen molar-refractivity contribution in [2.24, 2.45) is 0 Å². The fourth-order valence-electron chi connectivity index (χ4n) is 3.65. The molecule has 0 aliphatic heterocycles. The number of fused-ring (bicyclic) bond motifs is 1. The van der Waals surface area contributed by atoms with Gasteiger partial charge in [-0.15, -0.1) is 11.3 Å². The van der Waals surface area contributed by atoms with Gasteiger partial charge >= 0.3 is 5.69 Å². The van der Waals surface area contributed by atoms with Gasteiger partial charge in [0, 0.05) is 19.1 Å². The zero-order chi connectivity index (χ0) is 23.9. The van der Waals surface area contributed by atoms with Crippen LogP contribution in [0.5, 0.6) is 0 Å². The summed E-state index contributed by atoms with van der Waals surface area (Å²) in [6.45, 7) is 1.78. The summed E-state index contributed by atoms with van der Waals surface area (Å²) in [5.41, 5.74) is 0.880. The van der Waals surface area contributed by atoms with Crippen LogP contribution in [0.15, 0.2) is 58.1 Å². The lowest BCUT2D eigenvalue weighted by Gasteiger charge is -2.13. The summed E-state index contributed by atoms with van der Waals surface area (Å²) in [4.78, 5) is 42.2. The van der Waals surface area contributed by atoms with E-state index in [1.54, 1.807) is 69.6 Å². The molecule has 0 unspecified atom stereocenters. The monoisotopic (exact) mass is 478 g/mol. The Bertz CT molecular complexity index is 1560. The summed E-state index contributed by atoms with van der Waals surface area (Å²) in [6.07, 6.45) is 0. The number of benzene rings is 2. The lowest BCUT2D eigenvalue weighted by Crippen LogP contribution is -2.39. The van der Waals surface area contributed by atoms with E-state index in [9.17, 15) is 19.6 Å². The predicted molar refractivity (Wildman–Crippen MR) is 130 cm³/mol. The number of thiophene rings is 1. The fraction of sp³-hybridized carbons (Fsp3) is 0.167. The topological polar surface area (TPSA) is 88.1 Å². The molecule has 2 aromatic heterocycles. The van der Waals surface area contributed by atoms with Crippen molar-refractivity contribution < 1.29 is 4.79 Å². The highest BCUT2D eigenvalue weighted by Gasteiger charge is 2.24. The molecule has 0 radical (unpaired) electrons. The second kappa shape index (κ2) is 8.70. The number of nitrogens with zero attached hydrogens (tertiary/aromatic N) is 4. The van der Waals surface area contributed by atoms with Crippen LogP contribution >= 0.6 is 22.9 Å². The van der Waals surface area contributed by atoms with E-state index in [2.05, 4.69) is 6.07 Å². The molecule has 33 heavy (non-hydrogen) atoms. The molecule has 2 aromatic carbocycles. The average Bonchev–Trinajstić information content (AvgIpc) is 3.14. The highest BCUT2D eigenvalue weighted by molar-refractivity contribution is 7.20. The van der Waals surface area contributed by atoms with Crippen LogP contribution in [-0.4, -0.2) is 34.0 Å². The molecule has 0 aliphatic rings. The Hall–Kier alpha value is -3.67. The first-order valence-corrected chi connectivity index (χ1v) is 11.2. The van der Waals surface area contributed by atoms with E-state index in [0.717, 1.165) is 15.9 Å². The first-order valence-electron chi connectivity index (χ1n) is 9.99. The van der Waals surface area contributed by atoms with Crippen molar-refractivity contribution in [1.82, 2.24) is 14.0 Å². The molecule has 4 rings (SSSR count). The van der Waals surface area contributed by atoms with Gasteiger partial charge in [-0.25, -0.2) is 9.36 Å². The Labute approximate surface area is 198 Å². The molecule has 0 bridgehead atoms. The van der Waals surface area contributed by atoms with Crippen molar-refractivity contribution in [2.45, 2.75) is 13.5 Å². The minimum Gasteiger partial charge on any atom is -0.344 e. The molecule has 0 aliphatic carbocycles. The molecular formula is C24H19ClN4O3S. The van der Waals surface area contributed by atoms with Crippen molar-refractivity contribution in [3.05, 3.63) is 96.0 Å². The molecular weight excluding hydrogens is 460 g/mol. The normalized spacial score (nSPS) is 10.9.